The normalized spacial score (nSPS) is 14.8. The predicted octanol–water partition coefficient (Wildman–Crippen LogP) is 2.10. The predicted molar refractivity (Wildman–Crippen MR) is 45.0 cm³/mol. The first kappa shape index (κ1) is 12.2. The molecule has 1 aliphatic heterocycles. The van der Waals surface area contributed by atoms with Crippen LogP contribution in [0.15, 0.2) is 30.3 Å². The van der Waals surface area contributed by atoms with Crippen LogP contribution in [0.1, 0.15) is 6.92 Å². The van der Waals surface area contributed by atoms with Crippen LogP contribution in [0.5, 0.6) is 0 Å². The Bertz CT molecular complexity index is 146. The first-order chi connectivity index (χ1) is 5.39. The zero-order valence-electron chi connectivity index (χ0n) is 7.21. The summed E-state index contributed by atoms with van der Waals surface area (Å²) >= 11 is 0. The van der Waals surface area contributed by atoms with E-state index in [0.29, 0.717) is 0 Å². The maximum absolute atomic E-state index is 4.80. The second kappa shape index (κ2) is 7.86. The Labute approximate surface area is 97.9 Å². The monoisotopic (exact) mass is 386 g/mol. The molecule has 2 rings (SSSR count). The summed E-state index contributed by atoms with van der Waals surface area (Å²) in [4.78, 5) is 0. The molecule has 1 saturated heterocycles. The Morgan fingerprint density at radius 3 is 1.75 bits per heavy atom. The van der Waals surface area contributed by atoms with E-state index >= 15 is 0 Å². The molecule has 12 heavy (non-hydrogen) atoms. The van der Waals surface area contributed by atoms with Crippen LogP contribution in [-0.2, 0) is 4.74 Å². The Morgan fingerprint density at radius 2 is 1.67 bits per heavy atom. The number of ether oxygens (including phenoxy) is 1. The first-order valence-corrected chi connectivity index (χ1v) is 3.70. The Morgan fingerprint density at radius 1 is 1.17 bits per heavy atom. The van der Waals surface area contributed by atoms with Gasteiger partial charge in [-0.15, -0.1) is 0 Å². The Hall–Kier alpha value is 0.232. The third-order valence-corrected chi connectivity index (χ3v) is 1.30. The maximum Gasteiger partial charge on any atom is 2.00 e. The van der Waals surface area contributed by atoms with Crippen LogP contribution in [0.3, 0.4) is 0 Å². The molecule has 1 aliphatic rings. The van der Waals surface area contributed by atoms with Crippen LogP contribution in [0.25, 0.3) is 0 Å². The van der Waals surface area contributed by atoms with E-state index in [4.69, 9.17) is 4.74 Å². The molecule has 0 spiro atoms. The summed E-state index contributed by atoms with van der Waals surface area (Å²) in [6.07, 6.45) is 0. The van der Waals surface area contributed by atoms with E-state index < -0.39 is 0 Å². The molecule has 0 amide bonds. The van der Waals surface area contributed by atoms with Gasteiger partial charge >= 0.3 is 31.1 Å². The van der Waals surface area contributed by atoms with E-state index in [0.717, 1.165) is 13.2 Å². The molecule has 0 unspecified atom stereocenters. The zero-order valence-corrected chi connectivity index (χ0v) is 11.4. The van der Waals surface area contributed by atoms with Crippen molar-refractivity contribution in [2.75, 3.05) is 13.2 Å². The van der Waals surface area contributed by atoms with Crippen molar-refractivity contribution < 1.29 is 35.9 Å². The molecule has 0 radical (unpaired) electrons. The van der Waals surface area contributed by atoms with Gasteiger partial charge in [0.2, 0.25) is 0 Å². The molecule has 1 fully saturated rings. The van der Waals surface area contributed by atoms with Crippen LogP contribution in [0, 0.1) is 43.1 Å². The van der Waals surface area contributed by atoms with E-state index in [9.17, 15) is 0 Å². The van der Waals surface area contributed by atoms with E-state index in [2.05, 4.69) is 13.0 Å². The summed E-state index contributed by atoms with van der Waals surface area (Å²) in [5, 5.41) is 0. The summed E-state index contributed by atoms with van der Waals surface area (Å²) in [6.45, 7) is 3.91. The minimum atomic E-state index is 0. The summed E-state index contributed by atoms with van der Waals surface area (Å²) < 4.78 is 4.80. The summed E-state index contributed by atoms with van der Waals surface area (Å²) in [5.74, 6) is 1.46. The molecule has 0 bridgehead atoms. The number of benzene rings is 1. The molecule has 1 aromatic carbocycles. The van der Waals surface area contributed by atoms with Crippen molar-refractivity contribution >= 4 is 0 Å². The van der Waals surface area contributed by atoms with Crippen LogP contribution in [0.2, 0.25) is 0 Å². The molecular formula is C10H12OU. The van der Waals surface area contributed by atoms with E-state index in [1.807, 2.05) is 30.3 Å². The standard InChI is InChI=1S/C6H5.C4H7O.U/c1-2-4-6-5-3-1;1-4-2-5-3-4;/h1-5H;2-3H2,1H3;/q2*-1;+2. The summed E-state index contributed by atoms with van der Waals surface area (Å²) in [5.41, 5.74) is 0. The first-order valence-electron chi connectivity index (χ1n) is 3.70. The second-order valence-corrected chi connectivity index (χ2v) is 2.53. The van der Waals surface area contributed by atoms with Gasteiger partial charge in [0.15, 0.2) is 0 Å². The van der Waals surface area contributed by atoms with E-state index in [-0.39, 0.29) is 31.1 Å². The molecule has 2 heteroatoms. The fraction of sp³-hybridized carbons (Fsp3) is 0.300. The average molecular weight is 386 g/mol. The SMILES string of the molecule is C[C-]1COC1.[U+2].[c-]1ccccc1. The van der Waals surface area contributed by atoms with Gasteiger partial charge in [0.25, 0.3) is 0 Å². The average Bonchev–Trinajstić information content (AvgIpc) is 2.05. The summed E-state index contributed by atoms with van der Waals surface area (Å²) in [6, 6.07) is 12.5. The summed E-state index contributed by atoms with van der Waals surface area (Å²) in [7, 11) is 0. The molecule has 1 nitrogen and oxygen atoms in total. The van der Waals surface area contributed by atoms with Crippen molar-refractivity contribution in [2.45, 2.75) is 6.92 Å². The largest absolute Gasteiger partial charge is 2.00 e. The van der Waals surface area contributed by atoms with Gasteiger partial charge in [-0.3, -0.25) is 5.92 Å². The van der Waals surface area contributed by atoms with Gasteiger partial charge in [-0.1, -0.05) is 13.2 Å². The molecule has 0 saturated carbocycles. The topological polar surface area (TPSA) is 9.23 Å². The fourth-order valence-corrected chi connectivity index (χ4v) is 0.648. The van der Waals surface area contributed by atoms with Crippen LogP contribution in [0.4, 0.5) is 0 Å². The van der Waals surface area contributed by atoms with Crippen molar-refractivity contribution in [3.05, 3.63) is 42.3 Å². The number of hydrogen-bond acceptors (Lipinski definition) is 1. The molecule has 1 heterocycles. The van der Waals surface area contributed by atoms with Crippen molar-refractivity contribution in [3.63, 3.8) is 0 Å². The maximum atomic E-state index is 4.80. The van der Waals surface area contributed by atoms with Gasteiger partial charge in [0, 0.05) is 0 Å². The van der Waals surface area contributed by atoms with E-state index in [1.165, 1.54) is 5.92 Å². The van der Waals surface area contributed by atoms with Gasteiger partial charge in [0.1, 0.15) is 0 Å². The third kappa shape index (κ3) is 5.83. The van der Waals surface area contributed by atoms with Gasteiger partial charge in [-0.25, -0.2) is 0 Å². The van der Waals surface area contributed by atoms with Gasteiger partial charge in [-0.05, 0) is 0 Å². The van der Waals surface area contributed by atoms with Crippen molar-refractivity contribution in [3.8, 4) is 0 Å². The molecule has 0 aromatic heterocycles. The molecule has 0 aliphatic carbocycles. The Balaban J connectivity index is 0.000000189. The number of hydrogen-bond donors (Lipinski definition) is 0. The van der Waals surface area contributed by atoms with Gasteiger partial charge in [0.05, 0.1) is 0 Å². The molecule has 0 N–H and O–H groups in total. The molecule has 62 valence electrons. The molecule has 0 atom stereocenters. The van der Waals surface area contributed by atoms with Crippen LogP contribution < -0.4 is 0 Å². The van der Waals surface area contributed by atoms with E-state index in [1.54, 1.807) is 0 Å². The van der Waals surface area contributed by atoms with Crippen LogP contribution >= 0.6 is 0 Å². The smallest absolute Gasteiger partial charge is 0.444 e. The minimum Gasteiger partial charge on any atom is -0.444 e. The quantitative estimate of drug-likeness (QED) is 0.621. The van der Waals surface area contributed by atoms with Gasteiger partial charge in [-0.2, -0.15) is 43.3 Å². The van der Waals surface area contributed by atoms with Crippen molar-refractivity contribution in [2.24, 2.45) is 0 Å². The number of rotatable bonds is 0. The molecule has 1 aromatic rings. The minimum absolute atomic E-state index is 0. The fourth-order valence-electron chi connectivity index (χ4n) is 0.648. The van der Waals surface area contributed by atoms with Crippen LogP contribution in [-0.4, -0.2) is 13.2 Å². The third-order valence-electron chi connectivity index (χ3n) is 1.30. The van der Waals surface area contributed by atoms with Crippen molar-refractivity contribution in [1.82, 2.24) is 0 Å². The second-order valence-electron chi connectivity index (χ2n) is 2.53. The zero-order chi connectivity index (χ0) is 7.94. The van der Waals surface area contributed by atoms with Crippen molar-refractivity contribution in [1.29, 1.82) is 0 Å². The van der Waals surface area contributed by atoms with Gasteiger partial charge < -0.3 is 4.74 Å². The molecular weight excluding hydrogens is 374 g/mol. The Kier molecular flexibility index (Phi) is 8.01.